The number of rotatable bonds is 2. The highest BCUT2D eigenvalue weighted by atomic mass is 16.1. The summed E-state index contributed by atoms with van der Waals surface area (Å²) in [5.74, 6) is 5.46. The van der Waals surface area contributed by atoms with E-state index in [0.29, 0.717) is 11.4 Å². The number of pyridine rings is 1. The van der Waals surface area contributed by atoms with Crippen LogP contribution in [0.5, 0.6) is 0 Å². The van der Waals surface area contributed by atoms with Gasteiger partial charge in [0.05, 0.1) is 5.56 Å². The van der Waals surface area contributed by atoms with Crippen LogP contribution >= 0.6 is 0 Å². The van der Waals surface area contributed by atoms with E-state index in [4.69, 9.17) is 5.84 Å². The van der Waals surface area contributed by atoms with Gasteiger partial charge in [-0.3, -0.25) is 4.79 Å². The van der Waals surface area contributed by atoms with Gasteiger partial charge in [0.25, 0.3) is 5.91 Å². The third kappa shape index (κ3) is 1.70. The predicted octanol–water partition coefficient (Wildman–Crippen LogP) is -0.273. The van der Waals surface area contributed by atoms with Crippen LogP contribution in [0.2, 0.25) is 0 Å². The van der Waals surface area contributed by atoms with Crippen LogP contribution in [0.4, 0.5) is 5.82 Å². The molecule has 0 aromatic carbocycles. The van der Waals surface area contributed by atoms with Crippen LogP contribution in [0.1, 0.15) is 10.4 Å². The van der Waals surface area contributed by atoms with Crippen molar-refractivity contribution in [2.45, 2.75) is 0 Å². The number of aromatic nitrogens is 1. The van der Waals surface area contributed by atoms with E-state index in [0.717, 1.165) is 0 Å². The van der Waals surface area contributed by atoms with E-state index in [-0.39, 0.29) is 5.91 Å². The summed E-state index contributed by atoms with van der Waals surface area (Å²) in [6.07, 6.45) is 1.45. The summed E-state index contributed by atoms with van der Waals surface area (Å²) in [7, 11) is 1.57. The van der Waals surface area contributed by atoms with Gasteiger partial charge >= 0.3 is 0 Å². The molecule has 0 atom stereocenters. The largest absolute Gasteiger partial charge is 0.355 e. The molecule has 0 spiro atoms. The fourth-order valence-electron chi connectivity index (χ4n) is 0.758. The Labute approximate surface area is 70.0 Å². The van der Waals surface area contributed by atoms with Crippen LogP contribution in [-0.4, -0.2) is 17.9 Å². The number of nitrogens with zero attached hydrogens (tertiary/aromatic N) is 1. The molecule has 1 rings (SSSR count). The molecular weight excluding hydrogens is 156 g/mol. The smallest absolute Gasteiger partial charge is 0.252 e. The normalized spacial score (nSPS) is 9.17. The van der Waals surface area contributed by atoms with Gasteiger partial charge in [-0.15, -0.1) is 0 Å². The fraction of sp³-hybridized carbons (Fsp3) is 0.143. The number of hydrogen-bond donors (Lipinski definition) is 3. The number of nitrogens with one attached hydrogen (secondary N) is 2. The molecule has 0 saturated heterocycles. The molecule has 0 aliphatic carbocycles. The fourth-order valence-corrected chi connectivity index (χ4v) is 0.758. The Balaban J connectivity index is 2.84. The number of hydrazine groups is 1. The second-order valence-corrected chi connectivity index (χ2v) is 2.16. The molecule has 1 aromatic heterocycles. The van der Waals surface area contributed by atoms with E-state index in [1.807, 2.05) is 0 Å². The standard InChI is InChI=1S/C7H10N4O/c1-9-7(12)5-2-3-6(11-8)10-4-5/h2-4H,8H2,1H3,(H,9,12)(H,10,11). The summed E-state index contributed by atoms with van der Waals surface area (Å²) < 4.78 is 0. The van der Waals surface area contributed by atoms with E-state index in [2.05, 4.69) is 15.7 Å². The van der Waals surface area contributed by atoms with E-state index in [1.165, 1.54) is 6.20 Å². The lowest BCUT2D eigenvalue weighted by Crippen LogP contribution is -2.18. The molecule has 64 valence electrons. The van der Waals surface area contributed by atoms with E-state index in [1.54, 1.807) is 19.2 Å². The molecule has 5 nitrogen and oxygen atoms in total. The Morgan fingerprint density at radius 1 is 1.58 bits per heavy atom. The van der Waals surface area contributed by atoms with Gasteiger partial charge in [-0.1, -0.05) is 0 Å². The van der Waals surface area contributed by atoms with Crippen molar-refractivity contribution in [1.29, 1.82) is 0 Å². The first-order valence-corrected chi connectivity index (χ1v) is 3.42. The number of amides is 1. The van der Waals surface area contributed by atoms with E-state index >= 15 is 0 Å². The monoisotopic (exact) mass is 166 g/mol. The Morgan fingerprint density at radius 3 is 2.75 bits per heavy atom. The van der Waals surface area contributed by atoms with Crippen molar-refractivity contribution in [3.63, 3.8) is 0 Å². The Bertz CT molecular complexity index is 269. The van der Waals surface area contributed by atoms with Gasteiger partial charge in [0, 0.05) is 13.2 Å². The SMILES string of the molecule is CNC(=O)c1ccc(NN)nc1. The van der Waals surface area contributed by atoms with E-state index < -0.39 is 0 Å². The van der Waals surface area contributed by atoms with Gasteiger partial charge in [-0.05, 0) is 12.1 Å². The molecule has 0 radical (unpaired) electrons. The molecule has 0 saturated carbocycles. The van der Waals surface area contributed by atoms with Gasteiger partial charge in [0.2, 0.25) is 0 Å². The third-order valence-corrected chi connectivity index (χ3v) is 1.40. The van der Waals surface area contributed by atoms with E-state index in [9.17, 15) is 4.79 Å². The lowest BCUT2D eigenvalue weighted by atomic mass is 10.3. The van der Waals surface area contributed by atoms with Crippen molar-refractivity contribution in [2.75, 3.05) is 12.5 Å². The Hall–Kier alpha value is -1.62. The lowest BCUT2D eigenvalue weighted by Gasteiger charge is -2.00. The minimum absolute atomic E-state index is 0.161. The Kier molecular flexibility index (Phi) is 2.60. The van der Waals surface area contributed by atoms with Crippen LogP contribution in [0.15, 0.2) is 18.3 Å². The summed E-state index contributed by atoms with van der Waals surface area (Å²) in [4.78, 5) is 14.9. The van der Waals surface area contributed by atoms with Crippen molar-refractivity contribution >= 4 is 11.7 Å². The number of hydrogen-bond acceptors (Lipinski definition) is 4. The maximum Gasteiger partial charge on any atom is 0.252 e. The summed E-state index contributed by atoms with van der Waals surface area (Å²) in [5.41, 5.74) is 2.88. The van der Waals surface area contributed by atoms with Crippen LogP contribution in [0, 0.1) is 0 Å². The van der Waals surface area contributed by atoms with Gasteiger partial charge in [-0.2, -0.15) is 0 Å². The van der Waals surface area contributed by atoms with Crippen molar-refractivity contribution in [1.82, 2.24) is 10.3 Å². The second-order valence-electron chi connectivity index (χ2n) is 2.16. The van der Waals surface area contributed by atoms with Gasteiger partial charge in [0.1, 0.15) is 5.82 Å². The molecule has 0 fully saturated rings. The third-order valence-electron chi connectivity index (χ3n) is 1.40. The minimum Gasteiger partial charge on any atom is -0.355 e. The first-order valence-electron chi connectivity index (χ1n) is 3.42. The molecule has 0 unspecified atom stereocenters. The number of anilines is 1. The first kappa shape index (κ1) is 8.48. The number of nitrogen functional groups attached to an aromatic ring is 1. The molecule has 4 N–H and O–H groups in total. The van der Waals surface area contributed by atoms with Crippen LogP contribution in [0.25, 0.3) is 0 Å². The van der Waals surface area contributed by atoms with Gasteiger partial charge in [-0.25, -0.2) is 10.8 Å². The lowest BCUT2D eigenvalue weighted by molar-refractivity contribution is 0.0963. The first-order chi connectivity index (χ1) is 5.77. The maximum atomic E-state index is 11.0. The number of nitrogens with two attached hydrogens (primary N) is 1. The zero-order valence-electron chi connectivity index (χ0n) is 6.66. The Morgan fingerprint density at radius 2 is 2.33 bits per heavy atom. The van der Waals surface area contributed by atoms with Crippen LogP contribution < -0.4 is 16.6 Å². The second kappa shape index (κ2) is 3.68. The zero-order valence-corrected chi connectivity index (χ0v) is 6.66. The number of carbonyl (C=O) groups is 1. The molecule has 0 bridgehead atoms. The van der Waals surface area contributed by atoms with Crippen molar-refractivity contribution in [3.8, 4) is 0 Å². The molecule has 1 amide bonds. The molecule has 0 aliphatic rings. The van der Waals surface area contributed by atoms with Crippen molar-refractivity contribution in [2.24, 2.45) is 5.84 Å². The maximum absolute atomic E-state index is 11.0. The van der Waals surface area contributed by atoms with Crippen molar-refractivity contribution < 1.29 is 4.79 Å². The van der Waals surface area contributed by atoms with Crippen LogP contribution in [0.3, 0.4) is 0 Å². The average Bonchev–Trinajstić information content (AvgIpc) is 2.17. The van der Waals surface area contributed by atoms with Gasteiger partial charge < -0.3 is 10.7 Å². The molecule has 0 aliphatic heterocycles. The highest BCUT2D eigenvalue weighted by molar-refractivity contribution is 5.93. The van der Waals surface area contributed by atoms with Crippen LogP contribution in [-0.2, 0) is 0 Å². The minimum atomic E-state index is -0.161. The van der Waals surface area contributed by atoms with Crippen molar-refractivity contribution in [3.05, 3.63) is 23.9 Å². The molecule has 1 aromatic rings. The molecular formula is C7H10N4O. The zero-order chi connectivity index (χ0) is 8.97. The molecule has 1 heterocycles. The average molecular weight is 166 g/mol. The number of carbonyl (C=O) groups excluding carboxylic acids is 1. The summed E-state index contributed by atoms with van der Waals surface area (Å²) in [6.45, 7) is 0. The molecule has 5 heteroatoms. The summed E-state index contributed by atoms with van der Waals surface area (Å²) in [6, 6.07) is 3.27. The summed E-state index contributed by atoms with van der Waals surface area (Å²) >= 11 is 0. The quantitative estimate of drug-likeness (QED) is 0.417. The highest BCUT2D eigenvalue weighted by Crippen LogP contribution is 2.02. The van der Waals surface area contributed by atoms with Gasteiger partial charge in [0.15, 0.2) is 0 Å². The molecule has 12 heavy (non-hydrogen) atoms. The predicted molar refractivity (Wildman–Crippen MR) is 45.4 cm³/mol. The topological polar surface area (TPSA) is 80.0 Å². The highest BCUT2D eigenvalue weighted by Gasteiger charge is 2.01. The summed E-state index contributed by atoms with van der Waals surface area (Å²) in [5, 5.41) is 2.49.